The number of carbonyl (C=O) groups excluding carboxylic acids is 1. The molecule has 0 fully saturated rings. The van der Waals surface area contributed by atoms with Crippen LogP contribution in [0.4, 0.5) is 0 Å². The van der Waals surface area contributed by atoms with Gasteiger partial charge in [0.15, 0.2) is 5.78 Å². The van der Waals surface area contributed by atoms with Crippen molar-refractivity contribution in [3.63, 3.8) is 0 Å². The molecule has 0 aliphatic heterocycles. The van der Waals surface area contributed by atoms with Gasteiger partial charge < -0.3 is 5.11 Å². The van der Waals surface area contributed by atoms with Crippen molar-refractivity contribution in [1.29, 1.82) is 0 Å². The third-order valence-electron chi connectivity index (χ3n) is 2.62. The van der Waals surface area contributed by atoms with Gasteiger partial charge in [-0.25, -0.2) is 0 Å². The zero-order chi connectivity index (χ0) is 12.8. The second-order valence-corrected chi connectivity index (χ2v) is 3.96. The Bertz CT molecular complexity index is 530. The Morgan fingerprint density at radius 2 is 1.50 bits per heavy atom. The van der Waals surface area contributed by atoms with E-state index in [4.69, 9.17) is 0 Å². The van der Waals surface area contributed by atoms with Crippen LogP contribution in [-0.4, -0.2) is 10.9 Å². The first-order valence-electron chi connectivity index (χ1n) is 5.77. The van der Waals surface area contributed by atoms with Crippen LogP contribution in [0.15, 0.2) is 66.7 Å². The van der Waals surface area contributed by atoms with E-state index in [0.29, 0.717) is 5.56 Å². The van der Waals surface area contributed by atoms with Crippen molar-refractivity contribution in [2.45, 2.75) is 6.10 Å². The lowest BCUT2D eigenvalue weighted by atomic mass is 10.0. The molecule has 0 radical (unpaired) electrons. The third kappa shape index (κ3) is 3.15. The van der Waals surface area contributed by atoms with E-state index in [-0.39, 0.29) is 5.78 Å². The lowest BCUT2D eigenvalue weighted by Gasteiger charge is -2.06. The molecule has 0 aromatic heterocycles. The summed E-state index contributed by atoms with van der Waals surface area (Å²) in [6.45, 7) is 0. The van der Waals surface area contributed by atoms with Crippen LogP contribution in [0.5, 0.6) is 0 Å². The van der Waals surface area contributed by atoms with E-state index >= 15 is 0 Å². The zero-order valence-electron chi connectivity index (χ0n) is 9.86. The van der Waals surface area contributed by atoms with Gasteiger partial charge in [-0.2, -0.15) is 0 Å². The first-order valence-corrected chi connectivity index (χ1v) is 5.77. The molecule has 2 aromatic rings. The predicted octanol–water partition coefficient (Wildman–Crippen LogP) is 3.00. The number of ketones is 1. The summed E-state index contributed by atoms with van der Waals surface area (Å²) in [7, 11) is 0. The highest BCUT2D eigenvalue weighted by Gasteiger charge is 2.13. The summed E-state index contributed by atoms with van der Waals surface area (Å²) < 4.78 is 0. The van der Waals surface area contributed by atoms with E-state index in [2.05, 4.69) is 0 Å². The van der Waals surface area contributed by atoms with E-state index in [1.54, 1.807) is 30.3 Å². The van der Waals surface area contributed by atoms with E-state index in [0.717, 1.165) is 5.56 Å². The normalized spacial score (nSPS) is 12.5. The number of aliphatic hydroxyl groups is 1. The smallest absolute Gasteiger partial charge is 0.188 e. The van der Waals surface area contributed by atoms with Crippen LogP contribution in [0.3, 0.4) is 0 Å². The molecule has 2 aromatic carbocycles. The quantitative estimate of drug-likeness (QED) is 0.831. The SMILES string of the molecule is O=C(C=Cc1ccccc1)C(O)c1ccccc1. The molecule has 1 unspecified atom stereocenters. The minimum absolute atomic E-state index is 0.315. The fourth-order valence-electron chi connectivity index (χ4n) is 1.63. The van der Waals surface area contributed by atoms with E-state index < -0.39 is 6.10 Å². The monoisotopic (exact) mass is 238 g/mol. The van der Waals surface area contributed by atoms with Crippen molar-refractivity contribution in [2.75, 3.05) is 0 Å². The maximum atomic E-state index is 11.8. The van der Waals surface area contributed by atoms with Crippen LogP contribution in [0, 0.1) is 0 Å². The molecule has 0 heterocycles. The van der Waals surface area contributed by atoms with Gasteiger partial charge in [0, 0.05) is 0 Å². The zero-order valence-corrected chi connectivity index (χ0v) is 9.86. The van der Waals surface area contributed by atoms with Crippen LogP contribution in [0.1, 0.15) is 17.2 Å². The summed E-state index contributed by atoms with van der Waals surface area (Å²) in [5.41, 5.74) is 1.55. The van der Waals surface area contributed by atoms with Gasteiger partial charge in [0.2, 0.25) is 0 Å². The average Bonchev–Trinajstić information content (AvgIpc) is 2.46. The summed E-state index contributed by atoms with van der Waals surface area (Å²) in [6, 6.07) is 18.4. The molecule has 0 saturated heterocycles. The van der Waals surface area contributed by atoms with Crippen LogP contribution < -0.4 is 0 Å². The van der Waals surface area contributed by atoms with E-state index in [1.165, 1.54) is 6.08 Å². The number of hydrogen-bond donors (Lipinski definition) is 1. The topological polar surface area (TPSA) is 37.3 Å². The Morgan fingerprint density at radius 1 is 0.944 bits per heavy atom. The molecular formula is C16H14O2. The molecular weight excluding hydrogens is 224 g/mol. The Hall–Kier alpha value is -2.19. The lowest BCUT2D eigenvalue weighted by molar-refractivity contribution is -0.122. The predicted molar refractivity (Wildman–Crippen MR) is 71.9 cm³/mol. The van der Waals surface area contributed by atoms with Gasteiger partial charge in [-0.3, -0.25) is 4.79 Å². The summed E-state index contributed by atoms with van der Waals surface area (Å²) in [4.78, 5) is 11.8. The van der Waals surface area contributed by atoms with Gasteiger partial charge in [-0.15, -0.1) is 0 Å². The van der Waals surface area contributed by atoms with E-state index in [1.807, 2.05) is 36.4 Å². The van der Waals surface area contributed by atoms with Gasteiger partial charge in [-0.1, -0.05) is 66.7 Å². The van der Waals surface area contributed by atoms with Crippen LogP contribution in [0.2, 0.25) is 0 Å². The highest BCUT2D eigenvalue weighted by molar-refractivity contribution is 5.97. The highest BCUT2D eigenvalue weighted by atomic mass is 16.3. The molecule has 0 aliphatic rings. The lowest BCUT2D eigenvalue weighted by Crippen LogP contribution is -2.08. The van der Waals surface area contributed by atoms with Crippen molar-refractivity contribution in [3.8, 4) is 0 Å². The van der Waals surface area contributed by atoms with Crippen molar-refractivity contribution < 1.29 is 9.90 Å². The van der Waals surface area contributed by atoms with Gasteiger partial charge >= 0.3 is 0 Å². The van der Waals surface area contributed by atoms with Crippen molar-refractivity contribution in [2.24, 2.45) is 0 Å². The number of benzene rings is 2. The maximum Gasteiger partial charge on any atom is 0.188 e. The average molecular weight is 238 g/mol. The minimum Gasteiger partial charge on any atom is -0.380 e. The Labute approximate surface area is 106 Å². The Balaban J connectivity index is 2.07. The summed E-state index contributed by atoms with van der Waals surface area (Å²) in [5.74, 6) is -0.315. The van der Waals surface area contributed by atoms with Gasteiger partial charge in [0.05, 0.1) is 0 Å². The van der Waals surface area contributed by atoms with Crippen molar-refractivity contribution >= 4 is 11.9 Å². The Kier molecular flexibility index (Phi) is 4.05. The Morgan fingerprint density at radius 3 is 2.11 bits per heavy atom. The number of aliphatic hydroxyl groups excluding tert-OH is 1. The third-order valence-corrected chi connectivity index (χ3v) is 2.62. The largest absolute Gasteiger partial charge is 0.380 e. The molecule has 0 aliphatic carbocycles. The molecule has 1 N–H and O–H groups in total. The first kappa shape index (κ1) is 12.3. The molecule has 90 valence electrons. The summed E-state index contributed by atoms with van der Waals surface area (Å²) >= 11 is 0. The molecule has 1 atom stereocenters. The standard InChI is InChI=1S/C16H14O2/c17-15(12-11-13-7-3-1-4-8-13)16(18)14-9-5-2-6-10-14/h1-12,16,18H. The minimum atomic E-state index is -1.09. The molecule has 2 nitrogen and oxygen atoms in total. The van der Waals surface area contributed by atoms with Crippen LogP contribution in [0.25, 0.3) is 6.08 Å². The summed E-state index contributed by atoms with van der Waals surface area (Å²) in [6.07, 6.45) is 2.02. The van der Waals surface area contributed by atoms with E-state index in [9.17, 15) is 9.90 Å². The second-order valence-electron chi connectivity index (χ2n) is 3.96. The first-order chi connectivity index (χ1) is 8.77. The molecule has 2 rings (SSSR count). The van der Waals surface area contributed by atoms with Gasteiger partial charge in [0.1, 0.15) is 6.10 Å². The summed E-state index contributed by atoms with van der Waals surface area (Å²) in [5, 5.41) is 9.87. The molecule has 18 heavy (non-hydrogen) atoms. The molecule has 0 saturated carbocycles. The van der Waals surface area contributed by atoms with Gasteiger partial charge in [-0.05, 0) is 17.2 Å². The van der Waals surface area contributed by atoms with Gasteiger partial charge in [0.25, 0.3) is 0 Å². The van der Waals surface area contributed by atoms with Crippen molar-refractivity contribution in [1.82, 2.24) is 0 Å². The maximum absolute atomic E-state index is 11.8. The fraction of sp³-hybridized carbons (Fsp3) is 0.0625. The highest BCUT2D eigenvalue weighted by Crippen LogP contribution is 2.14. The molecule has 0 spiro atoms. The van der Waals surface area contributed by atoms with Crippen molar-refractivity contribution in [3.05, 3.63) is 77.9 Å². The number of rotatable bonds is 4. The van der Waals surface area contributed by atoms with Crippen LogP contribution in [-0.2, 0) is 4.79 Å². The molecule has 2 heteroatoms. The number of hydrogen-bond acceptors (Lipinski definition) is 2. The molecule has 0 bridgehead atoms. The molecule has 0 amide bonds. The second kappa shape index (κ2) is 5.94. The number of carbonyl (C=O) groups is 1. The van der Waals surface area contributed by atoms with Crippen LogP contribution >= 0.6 is 0 Å². The fourth-order valence-corrected chi connectivity index (χ4v) is 1.63.